The third kappa shape index (κ3) is 7.09. The molecular weight excluding hydrogens is 530 g/mol. The minimum Gasteiger partial charge on any atom is -0.451 e. The molecule has 5 rings (SSSR count). The third-order valence-corrected chi connectivity index (χ3v) is 9.21. The van der Waals surface area contributed by atoms with Gasteiger partial charge >= 0.3 is 0 Å². The number of ether oxygens (including phenoxy) is 1. The van der Waals surface area contributed by atoms with Crippen molar-refractivity contribution < 1.29 is 17.9 Å². The lowest BCUT2D eigenvalue weighted by Gasteiger charge is -2.54. The van der Waals surface area contributed by atoms with E-state index in [1.54, 1.807) is 24.4 Å². The van der Waals surface area contributed by atoms with E-state index in [0.717, 1.165) is 77.1 Å². The molecule has 218 valence electrons. The number of nitrogens with two attached hydrogens (primary N) is 1. The molecule has 2 aromatic rings. The highest BCUT2D eigenvalue weighted by molar-refractivity contribution is 7.88. The molecule has 1 amide bonds. The van der Waals surface area contributed by atoms with Gasteiger partial charge in [0, 0.05) is 44.2 Å². The van der Waals surface area contributed by atoms with Gasteiger partial charge in [-0.1, -0.05) is 12.1 Å². The van der Waals surface area contributed by atoms with Crippen LogP contribution < -0.4 is 25.4 Å². The second kappa shape index (κ2) is 12.4. The van der Waals surface area contributed by atoms with Crippen molar-refractivity contribution in [3.05, 3.63) is 42.4 Å². The van der Waals surface area contributed by atoms with Gasteiger partial charge in [-0.15, -0.1) is 0 Å². The van der Waals surface area contributed by atoms with Crippen LogP contribution in [0.15, 0.2) is 36.8 Å². The number of amides is 1. The van der Waals surface area contributed by atoms with Crippen molar-refractivity contribution in [3.8, 4) is 11.5 Å². The minimum atomic E-state index is -3.13. The van der Waals surface area contributed by atoms with Gasteiger partial charge in [0.05, 0.1) is 18.0 Å². The number of hydrogen-bond donors (Lipinski definition) is 3. The van der Waals surface area contributed by atoms with E-state index in [2.05, 4.69) is 29.8 Å². The number of anilines is 1. The van der Waals surface area contributed by atoms with Crippen LogP contribution in [0.5, 0.6) is 11.5 Å². The summed E-state index contributed by atoms with van der Waals surface area (Å²) in [7, 11) is -3.13. The summed E-state index contributed by atoms with van der Waals surface area (Å²) in [5.41, 5.74) is 6.26. The fourth-order valence-electron chi connectivity index (χ4n) is 6.33. The highest BCUT2D eigenvalue weighted by Gasteiger charge is 2.46. The van der Waals surface area contributed by atoms with Gasteiger partial charge in [-0.3, -0.25) is 4.79 Å². The van der Waals surface area contributed by atoms with Gasteiger partial charge in [-0.2, -0.15) is 0 Å². The van der Waals surface area contributed by atoms with Crippen molar-refractivity contribution in [2.24, 2.45) is 17.1 Å². The number of carbonyl (C=O) groups is 1. The quantitative estimate of drug-likeness (QED) is 0.390. The monoisotopic (exact) mass is 571 g/mol. The molecule has 1 aliphatic carbocycles. The Labute approximate surface area is 236 Å². The number of nitrogens with one attached hydrogen (secondary N) is 2. The zero-order chi connectivity index (χ0) is 28.2. The number of nitrogens with zero attached hydrogens (tertiary/aromatic N) is 4. The first-order valence-corrected chi connectivity index (χ1v) is 16.1. The Morgan fingerprint density at radius 2 is 1.85 bits per heavy atom. The topological polar surface area (TPSA) is 143 Å². The second-order valence-corrected chi connectivity index (χ2v) is 13.4. The molecule has 1 saturated carbocycles. The smallest absolute Gasteiger partial charge is 0.255 e. The lowest BCUT2D eigenvalue weighted by molar-refractivity contribution is 0.0618. The van der Waals surface area contributed by atoms with E-state index in [1.807, 2.05) is 6.07 Å². The maximum absolute atomic E-state index is 12.6. The van der Waals surface area contributed by atoms with Gasteiger partial charge in [-0.25, -0.2) is 23.1 Å². The summed E-state index contributed by atoms with van der Waals surface area (Å²) in [4.78, 5) is 26.2. The first kappa shape index (κ1) is 28.7. The highest BCUT2D eigenvalue weighted by Crippen LogP contribution is 2.45. The third-order valence-electron chi connectivity index (χ3n) is 8.45. The Morgan fingerprint density at radius 3 is 2.55 bits per heavy atom. The largest absolute Gasteiger partial charge is 0.451 e. The number of rotatable bonds is 10. The Kier molecular flexibility index (Phi) is 8.89. The fourth-order valence-corrected chi connectivity index (χ4v) is 7.17. The van der Waals surface area contributed by atoms with Crippen LogP contribution in [0.3, 0.4) is 0 Å². The molecule has 3 heterocycles. The zero-order valence-corrected chi connectivity index (χ0v) is 24.0. The van der Waals surface area contributed by atoms with E-state index in [-0.39, 0.29) is 17.4 Å². The van der Waals surface area contributed by atoms with E-state index in [9.17, 15) is 13.2 Å². The number of carbonyl (C=O) groups excluding carboxylic acids is 1. The van der Waals surface area contributed by atoms with Crippen LogP contribution in [0.25, 0.3) is 0 Å². The molecule has 2 aliphatic heterocycles. The molecule has 0 bridgehead atoms. The molecule has 12 heteroatoms. The van der Waals surface area contributed by atoms with Crippen LogP contribution in [-0.4, -0.2) is 87.3 Å². The van der Waals surface area contributed by atoms with Crippen molar-refractivity contribution in [2.75, 3.05) is 57.0 Å². The normalized spacial score (nSPS) is 23.0. The lowest BCUT2D eigenvalue weighted by Crippen LogP contribution is -2.61. The SMILES string of the molecule is CS(=O)(=O)NC1CCC(CN2CCC3(CC2)CN(c2ncncc2Oc2ccccc2C(=O)NCCN)C3)CC1. The van der Waals surface area contributed by atoms with Crippen LogP contribution in [0.2, 0.25) is 0 Å². The predicted molar refractivity (Wildman–Crippen MR) is 154 cm³/mol. The van der Waals surface area contributed by atoms with E-state index in [4.69, 9.17) is 10.5 Å². The molecule has 40 heavy (non-hydrogen) atoms. The first-order chi connectivity index (χ1) is 19.2. The summed E-state index contributed by atoms with van der Waals surface area (Å²) in [6.45, 7) is 5.90. The number of aromatic nitrogens is 2. The summed E-state index contributed by atoms with van der Waals surface area (Å²) in [6.07, 6.45) is 10.8. The zero-order valence-electron chi connectivity index (χ0n) is 23.2. The predicted octanol–water partition coefficient (Wildman–Crippen LogP) is 1.97. The Balaban J connectivity index is 1.13. The van der Waals surface area contributed by atoms with Crippen LogP contribution >= 0.6 is 0 Å². The average molecular weight is 572 g/mol. The van der Waals surface area contributed by atoms with Crippen molar-refractivity contribution in [1.82, 2.24) is 24.9 Å². The maximum atomic E-state index is 12.6. The van der Waals surface area contributed by atoms with Gasteiger partial charge in [0.25, 0.3) is 5.91 Å². The van der Waals surface area contributed by atoms with Gasteiger partial charge in [0.1, 0.15) is 12.1 Å². The minimum absolute atomic E-state index is 0.0919. The summed E-state index contributed by atoms with van der Waals surface area (Å²) in [5.74, 6) is 2.16. The molecule has 11 nitrogen and oxygen atoms in total. The molecule has 4 N–H and O–H groups in total. The summed E-state index contributed by atoms with van der Waals surface area (Å²) < 4.78 is 32.0. The van der Waals surface area contributed by atoms with Gasteiger partial charge < -0.3 is 25.6 Å². The molecule has 0 radical (unpaired) electrons. The molecule has 2 saturated heterocycles. The van der Waals surface area contributed by atoms with Crippen molar-refractivity contribution in [2.45, 2.75) is 44.6 Å². The molecule has 3 fully saturated rings. The van der Waals surface area contributed by atoms with Crippen molar-refractivity contribution in [3.63, 3.8) is 0 Å². The fraction of sp³-hybridized carbons (Fsp3) is 0.607. The number of piperidine rings is 1. The number of hydrogen-bond acceptors (Lipinski definition) is 9. The molecule has 0 unspecified atom stereocenters. The van der Waals surface area contributed by atoms with Crippen LogP contribution in [0.1, 0.15) is 48.9 Å². The second-order valence-electron chi connectivity index (χ2n) is 11.6. The van der Waals surface area contributed by atoms with E-state index in [0.29, 0.717) is 36.1 Å². The lowest BCUT2D eigenvalue weighted by atomic mass is 9.71. The van der Waals surface area contributed by atoms with Gasteiger partial charge in [0.2, 0.25) is 10.0 Å². The number of sulfonamides is 1. The first-order valence-electron chi connectivity index (χ1n) is 14.2. The molecule has 1 spiro atoms. The molecule has 0 atom stereocenters. The van der Waals surface area contributed by atoms with Crippen LogP contribution in [0.4, 0.5) is 5.82 Å². The van der Waals surface area contributed by atoms with E-state index in [1.165, 1.54) is 12.6 Å². The van der Waals surface area contributed by atoms with Gasteiger partial charge in [0.15, 0.2) is 11.6 Å². The highest BCUT2D eigenvalue weighted by atomic mass is 32.2. The number of likely N-dealkylation sites (tertiary alicyclic amines) is 1. The maximum Gasteiger partial charge on any atom is 0.255 e. The number of para-hydroxylation sites is 1. The molecule has 1 aromatic carbocycles. The Bertz CT molecular complexity index is 1270. The van der Waals surface area contributed by atoms with Crippen molar-refractivity contribution in [1.29, 1.82) is 0 Å². The Morgan fingerprint density at radius 1 is 1.12 bits per heavy atom. The summed E-state index contributed by atoms with van der Waals surface area (Å²) in [5, 5.41) is 2.80. The van der Waals surface area contributed by atoms with Gasteiger partial charge in [-0.05, 0) is 69.7 Å². The number of benzene rings is 1. The Hall–Kier alpha value is -2.80. The van der Waals surface area contributed by atoms with E-state index >= 15 is 0 Å². The van der Waals surface area contributed by atoms with Crippen LogP contribution in [-0.2, 0) is 10.0 Å². The van der Waals surface area contributed by atoms with Crippen LogP contribution in [0, 0.1) is 11.3 Å². The van der Waals surface area contributed by atoms with Crippen molar-refractivity contribution >= 4 is 21.7 Å². The molecular formula is C28H41N7O4S. The summed E-state index contributed by atoms with van der Waals surface area (Å²) >= 11 is 0. The standard InChI is InChI=1S/C28H41N7O4S/c1-40(37,38)33-22-8-6-21(7-9-22)17-34-14-10-28(11-15-34)18-35(19-28)26-25(16-30-20-32-26)39-24-5-3-2-4-23(24)27(36)31-13-12-29/h2-5,16,20-22,33H,6-15,17-19,29H2,1H3,(H,31,36). The molecule has 3 aliphatic rings. The van der Waals surface area contributed by atoms with E-state index < -0.39 is 10.0 Å². The molecule has 1 aromatic heterocycles. The summed E-state index contributed by atoms with van der Waals surface area (Å²) in [6, 6.07) is 7.24. The average Bonchev–Trinajstić information content (AvgIpc) is 2.92.